The van der Waals surface area contributed by atoms with Gasteiger partial charge in [0.05, 0.1) is 5.55 Å². The summed E-state index contributed by atoms with van der Waals surface area (Å²) in [6.07, 6.45) is 3.19. The van der Waals surface area contributed by atoms with Gasteiger partial charge >= 0.3 is 0 Å². The summed E-state index contributed by atoms with van der Waals surface area (Å²) >= 11 is 1.73. The zero-order valence-corrected chi connectivity index (χ0v) is 7.74. The highest BCUT2D eigenvalue weighted by molar-refractivity contribution is 8.12. The van der Waals surface area contributed by atoms with Gasteiger partial charge in [-0.2, -0.15) is 0 Å². The van der Waals surface area contributed by atoms with Gasteiger partial charge in [-0.1, -0.05) is 19.9 Å². The van der Waals surface area contributed by atoms with Crippen LogP contribution in [-0.2, 0) is 0 Å². The van der Waals surface area contributed by atoms with Crippen LogP contribution in [0.1, 0.15) is 27.2 Å². The van der Waals surface area contributed by atoms with Crippen LogP contribution in [0.25, 0.3) is 0 Å². The van der Waals surface area contributed by atoms with Crippen molar-refractivity contribution < 1.29 is 0 Å². The van der Waals surface area contributed by atoms with E-state index in [4.69, 9.17) is 0 Å². The van der Waals surface area contributed by atoms with Crippen LogP contribution in [0.3, 0.4) is 0 Å². The van der Waals surface area contributed by atoms with Crippen LogP contribution in [0.15, 0.2) is 16.8 Å². The lowest BCUT2D eigenvalue weighted by Gasteiger charge is -1.88. The number of hydrogen-bond acceptors (Lipinski definition) is 2. The Morgan fingerprint density at radius 2 is 2.20 bits per heavy atom. The summed E-state index contributed by atoms with van der Waals surface area (Å²) < 4.78 is 0. The van der Waals surface area contributed by atoms with Gasteiger partial charge in [-0.3, -0.25) is 4.99 Å². The van der Waals surface area contributed by atoms with E-state index in [1.807, 2.05) is 12.5 Å². The van der Waals surface area contributed by atoms with E-state index < -0.39 is 0 Å². The van der Waals surface area contributed by atoms with Crippen LogP contribution in [0, 0.1) is 0 Å². The lowest BCUT2D eigenvalue weighted by atomic mass is 10.4. The first-order valence-electron chi connectivity index (χ1n) is 3.62. The van der Waals surface area contributed by atoms with E-state index in [1.54, 1.807) is 11.8 Å². The summed E-state index contributed by atoms with van der Waals surface area (Å²) in [6, 6.07) is 0. The molecule has 0 bridgehead atoms. The second-order valence-corrected chi connectivity index (χ2v) is 3.07. The molecule has 0 aromatic rings. The predicted octanol–water partition coefficient (Wildman–Crippen LogP) is 3.08. The fourth-order valence-corrected chi connectivity index (χ4v) is 0.933. The molecule has 2 heteroatoms. The maximum absolute atomic E-state index is 4.20. The number of allylic oxidation sites excluding steroid dienone is 2. The zero-order valence-electron chi connectivity index (χ0n) is 6.92. The van der Waals surface area contributed by atoms with Gasteiger partial charge in [0, 0.05) is 5.70 Å². The Morgan fingerprint density at radius 3 is 2.70 bits per heavy atom. The highest BCUT2D eigenvalue weighted by Crippen LogP contribution is 1.99. The van der Waals surface area contributed by atoms with Crippen molar-refractivity contribution in [2.24, 2.45) is 4.99 Å². The molecule has 0 spiro atoms. The molecule has 0 radical (unpaired) electrons. The SMILES string of the molecule is CC/C=C(C)\N=C/SCC. The van der Waals surface area contributed by atoms with E-state index in [9.17, 15) is 0 Å². The van der Waals surface area contributed by atoms with Gasteiger partial charge in [0.2, 0.25) is 0 Å². The van der Waals surface area contributed by atoms with Gasteiger partial charge in [0.15, 0.2) is 0 Å². The second-order valence-electron chi connectivity index (χ2n) is 1.94. The molecule has 0 aliphatic carbocycles. The first-order chi connectivity index (χ1) is 4.81. The second kappa shape index (κ2) is 6.87. The fourth-order valence-electron chi connectivity index (χ4n) is 0.543. The Hall–Kier alpha value is -0.240. The standard InChI is InChI=1S/C8H15NS/c1-4-6-8(3)9-7-10-5-2/h6-7H,4-5H2,1-3H3/b8-6-,9-7-. The molecule has 0 amide bonds. The van der Waals surface area contributed by atoms with Crippen molar-refractivity contribution >= 4 is 17.3 Å². The van der Waals surface area contributed by atoms with Crippen molar-refractivity contribution in [3.63, 3.8) is 0 Å². The van der Waals surface area contributed by atoms with Gasteiger partial charge in [-0.15, -0.1) is 11.8 Å². The maximum Gasteiger partial charge on any atom is 0.0599 e. The summed E-state index contributed by atoms with van der Waals surface area (Å²) in [5.41, 5.74) is 3.02. The van der Waals surface area contributed by atoms with Crippen LogP contribution in [-0.4, -0.2) is 11.3 Å². The normalized spacial score (nSPS) is 12.9. The van der Waals surface area contributed by atoms with Gasteiger partial charge in [-0.05, 0) is 19.1 Å². The minimum absolute atomic E-state index is 1.07. The van der Waals surface area contributed by atoms with Crippen LogP contribution >= 0.6 is 11.8 Å². The summed E-state index contributed by atoms with van der Waals surface area (Å²) in [5.74, 6) is 1.10. The van der Waals surface area contributed by atoms with Crippen molar-refractivity contribution in [2.45, 2.75) is 27.2 Å². The van der Waals surface area contributed by atoms with E-state index in [0.717, 1.165) is 17.9 Å². The van der Waals surface area contributed by atoms with Crippen molar-refractivity contribution in [3.05, 3.63) is 11.8 Å². The molecule has 0 saturated heterocycles. The van der Waals surface area contributed by atoms with E-state index in [-0.39, 0.29) is 0 Å². The van der Waals surface area contributed by atoms with Crippen LogP contribution in [0.5, 0.6) is 0 Å². The molecular formula is C8H15NS. The number of hydrogen-bond donors (Lipinski definition) is 0. The Kier molecular flexibility index (Phi) is 6.71. The molecule has 0 heterocycles. The number of nitrogens with zero attached hydrogens (tertiary/aromatic N) is 1. The van der Waals surface area contributed by atoms with Crippen molar-refractivity contribution in [3.8, 4) is 0 Å². The fraction of sp³-hybridized carbons (Fsp3) is 0.625. The molecule has 0 aliphatic rings. The molecule has 0 rings (SSSR count). The van der Waals surface area contributed by atoms with Crippen LogP contribution in [0.2, 0.25) is 0 Å². The molecule has 58 valence electrons. The van der Waals surface area contributed by atoms with Crippen LogP contribution in [0.4, 0.5) is 0 Å². The first-order valence-corrected chi connectivity index (χ1v) is 4.67. The molecule has 0 N–H and O–H groups in total. The van der Waals surface area contributed by atoms with Crippen molar-refractivity contribution in [1.29, 1.82) is 0 Å². The largest absolute Gasteiger partial charge is 0.255 e. The van der Waals surface area contributed by atoms with Crippen molar-refractivity contribution in [2.75, 3.05) is 5.75 Å². The molecule has 0 atom stereocenters. The lowest BCUT2D eigenvalue weighted by molar-refractivity contribution is 1.16. The number of thioether (sulfide) groups is 1. The first kappa shape index (κ1) is 9.76. The molecule has 0 aromatic heterocycles. The number of rotatable bonds is 4. The van der Waals surface area contributed by atoms with E-state index in [2.05, 4.69) is 24.9 Å². The minimum atomic E-state index is 1.07. The third-order valence-corrected chi connectivity index (χ3v) is 1.58. The predicted molar refractivity (Wildman–Crippen MR) is 50.7 cm³/mol. The average molecular weight is 157 g/mol. The van der Waals surface area contributed by atoms with E-state index in [1.165, 1.54) is 0 Å². The quantitative estimate of drug-likeness (QED) is 0.451. The van der Waals surface area contributed by atoms with Gasteiger partial charge in [0.25, 0.3) is 0 Å². The molecule has 0 aliphatic heterocycles. The minimum Gasteiger partial charge on any atom is -0.255 e. The van der Waals surface area contributed by atoms with E-state index in [0.29, 0.717) is 0 Å². The zero-order chi connectivity index (χ0) is 7.82. The summed E-state index contributed by atoms with van der Waals surface area (Å²) in [6.45, 7) is 6.26. The molecule has 1 nitrogen and oxygen atoms in total. The summed E-state index contributed by atoms with van der Waals surface area (Å²) in [7, 11) is 0. The molecule has 10 heavy (non-hydrogen) atoms. The Labute approximate surface area is 67.6 Å². The Balaban J connectivity index is 3.55. The smallest absolute Gasteiger partial charge is 0.0599 e. The van der Waals surface area contributed by atoms with Gasteiger partial charge in [-0.25, -0.2) is 0 Å². The lowest BCUT2D eigenvalue weighted by Crippen LogP contribution is -1.71. The third-order valence-electron chi connectivity index (χ3n) is 0.997. The van der Waals surface area contributed by atoms with Crippen molar-refractivity contribution in [1.82, 2.24) is 0 Å². The molecular weight excluding hydrogens is 142 g/mol. The Bertz CT molecular complexity index is 127. The topological polar surface area (TPSA) is 12.4 Å². The third kappa shape index (κ3) is 5.89. The number of aliphatic imine (C=N–C) groups is 1. The molecule has 0 saturated carbocycles. The summed E-state index contributed by atoms with van der Waals surface area (Å²) in [5, 5.41) is 0. The highest BCUT2D eigenvalue weighted by atomic mass is 32.2. The monoisotopic (exact) mass is 157 g/mol. The molecule has 0 fully saturated rings. The van der Waals surface area contributed by atoms with Gasteiger partial charge in [0.1, 0.15) is 0 Å². The average Bonchev–Trinajstić information content (AvgIpc) is 1.89. The molecule has 0 unspecified atom stereocenters. The molecule has 0 aromatic carbocycles. The maximum atomic E-state index is 4.20. The highest BCUT2D eigenvalue weighted by Gasteiger charge is 1.78. The van der Waals surface area contributed by atoms with Crippen LogP contribution < -0.4 is 0 Å². The van der Waals surface area contributed by atoms with E-state index >= 15 is 0 Å². The summed E-state index contributed by atoms with van der Waals surface area (Å²) in [4.78, 5) is 4.20. The Morgan fingerprint density at radius 1 is 1.50 bits per heavy atom. The van der Waals surface area contributed by atoms with Gasteiger partial charge < -0.3 is 0 Å².